The van der Waals surface area contributed by atoms with Crippen molar-refractivity contribution >= 4 is 77.8 Å². The molecule has 9 rings (SSSR count). The van der Waals surface area contributed by atoms with Crippen molar-refractivity contribution in [2.24, 2.45) is 0 Å². The zero-order chi connectivity index (χ0) is 43.6. The molecule has 9 aromatic carbocycles. The summed E-state index contributed by atoms with van der Waals surface area (Å²) in [6, 6.07) is 64.8. The predicted octanol–water partition coefficient (Wildman–Crippen LogP) is 13.6. The Morgan fingerprint density at radius 3 is 1.13 bits per heavy atom. The Labute approximate surface area is 360 Å². The van der Waals surface area contributed by atoms with Crippen molar-refractivity contribution in [3.8, 4) is 5.75 Å². The van der Waals surface area contributed by atoms with E-state index in [9.17, 15) is 20.2 Å². The van der Waals surface area contributed by atoms with Crippen LogP contribution in [0, 0.1) is 20.2 Å². The van der Waals surface area contributed by atoms with Crippen LogP contribution in [0.1, 0.15) is 0 Å². The number of benzene rings is 9. The number of hydrogen-bond acceptors (Lipinski definition) is 8. The molecule has 9 aromatic rings. The molecule has 0 amide bonds. The van der Waals surface area contributed by atoms with Gasteiger partial charge in [-0.05, 0) is 99.0 Å². The van der Waals surface area contributed by atoms with Crippen molar-refractivity contribution in [3.63, 3.8) is 0 Å². The maximum Gasteiger partial charge on any atom is 0.271 e. The molecule has 0 bridgehead atoms. The lowest BCUT2D eigenvalue weighted by atomic mass is 10.1. The fraction of sp³-hybridized carbons (Fsp3) is 0.0769. The molecule has 0 fully saturated rings. The lowest BCUT2D eigenvalue weighted by Crippen LogP contribution is -2.09. The van der Waals surface area contributed by atoms with Crippen molar-refractivity contribution in [2.75, 3.05) is 43.0 Å². The number of nitro benzene ring substituents is 2. The van der Waals surface area contributed by atoms with E-state index in [0.29, 0.717) is 0 Å². The molecule has 0 aromatic heterocycles. The Bertz CT molecular complexity index is 2990. The van der Waals surface area contributed by atoms with E-state index in [1.165, 1.54) is 45.1 Å². The first kappa shape index (κ1) is 41.9. The SMILES string of the molecule is CN(c1ccc([N+](=O)[O-])cc1)c1ccc2ccccc2c1.CN(c1cccc([N+](=O)[O-])c1)c1ccc2ccccc2c1.COc1cccc(N(C)c2ccc3ccccc3c2)c1. The van der Waals surface area contributed by atoms with E-state index in [1.807, 2.05) is 84.6 Å². The van der Waals surface area contributed by atoms with Gasteiger partial charge in [-0.25, -0.2) is 0 Å². The summed E-state index contributed by atoms with van der Waals surface area (Å²) in [6.07, 6.45) is 0. The van der Waals surface area contributed by atoms with Gasteiger partial charge in [0.05, 0.1) is 17.0 Å². The van der Waals surface area contributed by atoms with Crippen molar-refractivity contribution in [3.05, 3.63) is 220 Å². The highest BCUT2D eigenvalue weighted by Gasteiger charge is 2.12. The van der Waals surface area contributed by atoms with Gasteiger partial charge in [0.2, 0.25) is 0 Å². The molecule has 0 heterocycles. The molecule has 0 N–H and O–H groups in total. The van der Waals surface area contributed by atoms with Crippen molar-refractivity contribution in [2.45, 2.75) is 0 Å². The summed E-state index contributed by atoms with van der Waals surface area (Å²) in [7, 11) is 7.61. The molecule has 10 nitrogen and oxygen atoms in total. The number of fused-ring (bicyclic) bond motifs is 3. The van der Waals surface area contributed by atoms with Crippen LogP contribution in [0.4, 0.5) is 45.5 Å². The fourth-order valence-electron chi connectivity index (χ4n) is 7.04. The van der Waals surface area contributed by atoms with Gasteiger partial charge in [-0.1, -0.05) is 103 Å². The second-order valence-corrected chi connectivity index (χ2v) is 14.5. The van der Waals surface area contributed by atoms with Crippen LogP contribution in [0.2, 0.25) is 0 Å². The summed E-state index contributed by atoms with van der Waals surface area (Å²) < 4.78 is 5.28. The molecule has 0 aliphatic rings. The van der Waals surface area contributed by atoms with Crippen LogP contribution in [-0.4, -0.2) is 38.1 Å². The molecule has 0 radical (unpaired) electrons. The van der Waals surface area contributed by atoms with Gasteiger partial charge < -0.3 is 19.4 Å². The number of anilines is 6. The first-order chi connectivity index (χ1) is 30.1. The summed E-state index contributed by atoms with van der Waals surface area (Å²) in [6.45, 7) is 0. The Morgan fingerprint density at radius 1 is 0.355 bits per heavy atom. The minimum atomic E-state index is -0.389. The number of rotatable bonds is 9. The van der Waals surface area contributed by atoms with Gasteiger partial charge in [-0.3, -0.25) is 20.2 Å². The third-order valence-electron chi connectivity index (χ3n) is 10.7. The molecular formula is C52H45N5O5. The minimum absolute atomic E-state index is 0.0974. The highest BCUT2D eigenvalue weighted by Crippen LogP contribution is 2.32. The zero-order valence-corrected chi connectivity index (χ0v) is 34.8. The molecule has 0 spiro atoms. The number of non-ortho nitro benzene ring substituents is 2. The van der Waals surface area contributed by atoms with E-state index in [0.717, 1.165) is 45.3 Å². The fourth-order valence-corrected chi connectivity index (χ4v) is 7.04. The third kappa shape index (κ3) is 9.95. The number of nitro groups is 2. The molecule has 10 heteroatoms. The summed E-state index contributed by atoms with van der Waals surface area (Å²) in [4.78, 5) is 26.9. The smallest absolute Gasteiger partial charge is 0.271 e. The van der Waals surface area contributed by atoms with E-state index >= 15 is 0 Å². The zero-order valence-electron chi connectivity index (χ0n) is 34.8. The topological polar surface area (TPSA) is 105 Å². The predicted molar refractivity (Wildman–Crippen MR) is 255 cm³/mol. The molecule has 0 saturated carbocycles. The second-order valence-electron chi connectivity index (χ2n) is 14.5. The highest BCUT2D eigenvalue weighted by atomic mass is 16.6. The van der Waals surface area contributed by atoms with Crippen LogP contribution in [0.15, 0.2) is 200 Å². The first-order valence-corrected chi connectivity index (χ1v) is 19.9. The van der Waals surface area contributed by atoms with Gasteiger partial charge in [0, 0.05) is 85.6 Å². The Kier molecular flexibility index (Phi) is 13.0. The van der Waals surface area contributed by atoms with E-state index in [-0.39, 0.29) is 21.2 Å². The number of ether oxygens (including phenoxy) is 1. The third-order valence-corrected chi connectivity index (χ3v) is 10.7. The largest absolute Gasteiger partial charge is 0.497 e. The molecule has 0 aliphatic heterocycles. The van der Waals surface area contributed by atoms with E-state index < -0.39 is 0 Å². The quantitative estimate of drug-likeness (QED) is 0.105. The van der Waals surface area contributed by atoms with Crippen molar-refractivity contribution in [1.82, 2.24) is 0 Å². The Hall–Kier alpha value is -8.24. The lowest BCUT2D eigenvalue weighted by Gasteiger charge is -2.20. The van der Waals surface area contributed by atoms with Crippen molar-refractivity contribution < 1.29 is 14.6 Å². The van der Waals surface area contributed by atoms with E-state index in [4.69, 9.17) is 4.74 Å². The van der Waals surface area contributed by atoms with Crippen LogP contribution < -0.4 is 19.4 Å². The van der Waals surface area contributed by atoms with Gasteiger partial charge in [0.15, 0.2) is 0 Å². The normalized spacial score (nSPS) is 10.5. The average Bonchev–Trinajstić information content (AvgIpc) is 3.33. The lowest BCUT2D eigenvalue weighted by molar-refractivity contribution is -0.385. The van der Waals surface area contributed by atoms with Crippen LogP contribution >= 0.6 is 0 Å². The maximum atomic E-state index is 10.9. The molecule has 0 atom stereocenters. The summed E-state index contributed by atoms with van der Waals surface area (Å²) in [5.41, 5.74) is 6.22. The Morgan fingerprint density at radius 2 is 0.710 bits per heavy atom. The van der Waals surface area contributed by atoms with Crippen LogP contribution in [-0.2, 0) is 0 Å². The molecule has 308 valence electrons. The van der Waals surface area contributed by atoms with Crippen LogP contribution in [0.5, 0.6) is 5.75 Å². The Balaban J connectivity index is 0.000000140. The number of methoxy groups -OCH3 is 1. The molecular weight excluding hydrogens is 775 g/mol. The van der Waals surface area contributed by atoms with Gasteiger partial charge >= 0.3 is 0 Å². The molecule has 62 heavy (non-hydrogen) atoms. The van der Waals surface area contributed by atoms with Gasteiger partial charge in [-0.2, -0.15) is 0 Å². The summed E-state index contributed by atoms with van der Waals surface area (Å²) in [5.74, 6) is 0.870. The summed E-state index contributed by atoms with van der Waals surface area (Å²) in [5, 5.41) is 28.8. The van der Waals surface area contributed by atoms with Crippen molar-refractivity contribution in [1.29, 1.82) is 0 Å². The van der Waals surface area contributed by atoms with Gasteiger partial charge in [-0.15, -0.1) is 0 Å². The molecule has 0 saturated heterocycles. The van der Waals surface area contributed by atoms with Crippen LogP contribution in [0.3, 0.4) is 0 Å². The molecule has 0 unspecified atom stereocenters. The van der Waals surface area contributed by atoms with E-state index in [2.05, 4.69) is 109 Å². The summed E-state index contributed by atoms with van der Waals surface area (Å²) >= 11 is 0. The monoisotopic (exact) mass is 819 g/mol. The first-order valence-electron chi connectivity index (χ1n) is 19.9. The minimum Gasteiger partial charge on any atom is -0.497 e. The standard InChI is InChI=1S/C18H17NO.2C17H14N2O2/c1-19(16-8-5-9-18(13-16)20-2)17-11-10-14-6-3-4-7-15(14)12-17;1-18(15-7-4-8-17(12-15)19(20)21)16-10-9-13-5-2-3-6-14(13)11-16;1-18(15-8-10-16(11-9-15)19(20)21)17-7-6-13-4-2-3-5-14(13)12-17/h3-13H,1-2H3;2*2-12H,1H3. The second kappa shape index (κ2) is 19.2. The molecule has 0 aliphatic carbocycles. The maximum absolute atomic E-state index is 10.9. The number of hydrogen-bond donors (Lipinski definition) is 0. The van der Waals surface area contributed by atoms with Gasteiger partial charge in [0.1, 0.15) is 5.75 Å². The highest BCUT2D eigenvalue weighted by molar-refractivity contribution is 5.89. The van der Waals surface area contributed by atoms with Crippen LogP contribution in [0.25, 0.3) is 32.3 Å². The van der Waals surface area contributed by atoms with E-state index in [1.54, 1.807) is 31.4 Å². The number of nitrogens with zero attached hydrogens (tertiary/aromatic N) is 5. The van der Waals surface area contributed by atoms with Gasteiger partial charge in [0.25, 0.3) is 11.4 Å². The average molecular weight is 820 g/mol.